The van der Waals surface area contributed by atoms with Gasteiger partial charge in [-0.1, -0.05) is 42.5 Å². The van der Waals surface area contributed by atoms with Crippen molar-refractivity contribution in [3.8, 4) is 0 Å². The topological polar surface area (TPSA) is 27.7 Å². The van der Waals surface area contributed by atoms with Gasteiger partial charge in [0.25, 0.3) is 0 Å². The Morgan fingerprint density at radius 2 is 1.94 bits per heavy atom. The van der Waals surface area contributed by atoms with Crippen molar-refractivity contribution in [1.29, 1.82) is 0 Å². The summed E-state index contributed by atoms with van der Waals surface area (Å²) in [5.74, 6) is 0. The Morgan fingerprint density at radius 3 is 2.81 bits per heavy atom. The molecule has 2 aliphatic heterocycles. The van der Waals surface area contributed by atoms with Crippen LogP contribution in [0.1, 0.15) is 11.9 Å². The average Bonchev–Trinajstić information content (AvgIpc) is 2.39. The molecule has 3 rings (SSSR count). The molecule has 0 unspecified atom stereocenters. The highest BCUT2D eigenvalue weighted by molar-refractivity contribution is 5.17. The maximum absolute atomic E-state index is 5.84. The lowest BCUT2D eigenvalue weighted by molar-refractivity contribution is -0.254. The molecule has 0 bridgehead atoms. The van der Waals surface area contributed by atoms with Gasteiger partial charge in [-0.15, -0.1) is 0 Å². The van der Waals surface area contributed by atoms with Gasteiger partial charge >= 0.3 is 0 Å². The maximum atomic E-state index is 5.84. The fraction of sp³-hybridized carbons (Fsp3) is 0.385. The number of benzene rings is 1. The number of ether oxygens (including phenoxy) is 3. The summed E-state index contributed by atoms with van der Waals surface area (Å²) in [4.78, 5) is 0. The van der Waals surface area contributed by atoms with Gasteiger partial charge in [0, 0.05) is 5.56 Å². The highest BCUT2D eigenvalue weighted by atomic mass is 16.7. The van der Waals surface area contributed by atoms with Crippen molar-refractivity contribution in [1.82, 2.24) is 0 Å². The number of hydrogen-bond acceptors (Lipinski definition) is 3. The van der Waals surface area contributed by atoms with Crippen LogP contribution in [0.4, 0.5) is 0 Å². The molecular formula is C13H14O3. The highest BCUT2D eigenvalue weighted by Crippen LogP contribution is 2.29. The van der Waals surface area contributed by atoms with E-state index >= 15 is 0 Å². The van der Waals surface area contributed by atoms with E-state index < -0.39 is 0 Å². The average molecular weight is 218 g/mol. The minimum Gasteiger partial charge on any atom is -0.369 e. The Bertz CT molecular complexity index is 374. The van der Waals surface area contributed by atoms with Crippen LogP contribution in [0.5, 0.6) is 0 Å². The maximum Gasteiger partial charge on any atom is 0.184 e. The predicted octanol–water partition coefficient (Wildman–Crippen LogP) is 2.06. The molecule has 2 heterocycles. The van der Waals surface area contributed by atoms with E-state index in [1.165, 1.54) is 0 Å². The van der Waals surface area contributed by atoms with Gasteiger partial charge in [-0.2, -0.15) is 0 Å². The number of hydrogen-bond donors (Lipinski definition) is 0. The lowest BCUT2D eigenvalue weighted by atomic mass is 10.1. The molecule has 1 aromatic rings. The van der Waals surface area contributed by atoms with Gasteiger partial charge in [0.2, 0.25) is 0 Å². The fourth-order valence-electron chi connectivity index (χ4n) is 2.01. The second-order valence-electron chi connectivity index (χ2n) is 3.98. The zero-order valence-electron chi connectivity index (χ0n) is 8.91. The molecule has 0 radical (unpaired) electrons. The van der Waals surface area contributed by atoms with Crippen LogP contribution in [0, 0.1) is 0 Å². The Labute approximate surface area is 94.6 Å². The zero-order valence-corrected chi connectivity index (χ0v) is 8.91. The van der Waals surface area contributed by atoms with Crippen molar-refractivity contribution in [2.75, 3.05) is 13.2 Å². The van der Waals surface area contributed by atoms with Gasteiger partial charge in [-0.05, 0) is 0 Å². The molecular weight excluding hydrogens is 204 g/mol. The molecule has 3 nitrogen and oxygen atoms in total. The predicted molar refractivity (Wildman–Crippen MR) is 58.9 cm³/mol. The van der Waals surface area contributed by atoms with Gasteiger partial charge in [-0.25, -0.2) is 0 Å². The van der Waals surface area contributed by atoms with Crippen molar-refractivity contribution in [2.45, 2.75) is 18.5 Å². The van der Waals surface area contributed by atoms with E-state index in [1.54, 1.807) is 0 Å². The molecule has 0 amide bonds. The smallest absolute Gasteiger partial charge is 0.184 e. The second kappa shape index (κ2) is 4.37. The molecule has 16 heavy (non-hydrogen) atoms. The summed E-state index contributed by atoms with van der Waals surface area (Å²) in [6.07, 6.45) is 3.85. The summed E-state index contributed by atoms with van der Waals surface area (Å²) >= 11 is 0. The molecule has 0 saturated carbocycles. The minimum atomic E-state index is -0.270. The Balaban J connectivity index is 1.75. The van der Waals surface area contributed by atoms with Gasteiger partial charge in [-0.3, -0.25) is 0 Å². The number of rotatable bonds is 1. The van der Waals surface area contributed by atoms with Gasteiger partial charge in [0.15, 0.2) is 6.29 Å². The monoisotopic (exact) mass is 218 g/mol. The first-order valence-corrected chi connectivity index (χ1v) is 5.54. The molecule has 0 aliphatic carbocycles. The third-order valence-corrected chi connectivity index (χ3v) is 2.86. The lowest BCUT2D eigenvalue weighted by Gasteiger charge is -2.36. The first kappa shape index (κ1) is 10.0. The van der Waals surface area contributed by atoms with E-state index in [9.17, 15) is 0 Å². The molecule has 0 spiro atoms. The molecule has 1 aromatic carbocycles. The zero-order chi connectivity index (χ0) is 10.8. The second-order valence-corrected chi connectivity index (χ2v) is 3.98. The van der Waals surface area contributed by atoms with Crippen molar-refractivity contribution < 1.29 is 14.2 Å². The Kier molecular flexibility index (Phi) is 2.74. The molecule has 1 fully saturated rings. The summed E-state index contributed by atoms with van der Waals surface area (Å²) in [7, 11) is 0. The van der Waals surface area contributed by atoms with Gasteiger partial charge < -0.3 is 14.2 Å². The number of fused-ring (bicyclic) bond motifs is 1. The molecule has 0 N–H and O–H groups in total. The van der Waals surface area contributed by atoms with Gasteiger partial charge in [0.05, 0.1) is 13.2 Å². The van der Waals surface area contributed by atoms with E-state index in [4.69, 9.17) is 14.2 Å². The van der Waals surface area contributed by atoms with E-state index in [2.05, 4.69) is 6.08 Å². The van der Waals surface area contributed by atoms with Crippen molar-refractivity contribution in [3.05, 3.63) is 48.0 Å². The van der Waals surface area contributed by atoms with E-state index in [0.717, 1.165) is 5.56 Å². The lowest BCUT2D eigenvalue weighted by Crippen LogP contribution is -2.42. The van der Waals surface area contributed by atoms with Crippen LogP contribution >= 0.6 is 0 Å². The van der Waals surface area contributed by atoms with Crippen LogP contribution in [0.2, 0.25) is 0 Å². The van der Waals surface area contributed by atoms with Crippen LogP contribution in [0.15, 0.2) is 42.5 Å². The molecule has 1 saturated heterocycles. The van der Waals surface area contributed by atoms with Crippen LogP contribution in [0.3, 0.4) is 0 Å². The quantitative estimate of drug-likeness (QED) is 0.675. The Hall–Kier alpha value is -1.16. The molecule has 0 aromatic heterocycles. The molecule has 84 valence electrons. The van der Waals surface area contributed by atoms with Crippen LogP contribution < -0.4 is 0 Å². The van der Waals surface area contributed by atoms with Crippen LogP contribution in [0.25, 0.3) is 0 Å². The normalized spacial score (nSPS) is 33.4. The summed E-state index contributed by atoms with van der Waals surface area (Å²) in [5, 5.41) is 0. The third kappa shape index (κ3) is 1.89. The van der Waals surface area contributed by atoms with Crippen molar-refractivity contribution in [3.63, 3.8) is 0 Å². The van der Waals surface area contributed by atoms with Crippen molar-refractivity contribution in [2.24, 2.45) is 0 Å². The fourth-order valence-corrected chi connectivity index (χ4v) is 2.01. The summed E-state index contributed by atoms with van der Waals surface area (Å²) in [6.45, 7) is 1.25. The SMILES string of the molecule is C1=C[C@@H]2O[C@H](c3ccccc3)OC[C@H]2OC1. The highest BCUT2D eigenvalue weighted by Gasteiger charge is 2.32. The summed E-state index contributed by atoms with van der Waals surface area (Å²) < 4.78 is 17.0. The first-order chi connectivity index (χ1) is 7.93. The third-order valence-electron chi connectivity index (χ3n) is 2.86. The van der Waals surface area contributed by atoms with Crippen LogP contribution in [-0.2, 0) is 14.2 Å². The van der Waals surface area contributed by atoms with E-state index in [0.29, 0.717) is 13.2 Å². The standard InChI is InChI=1S/C13H14O3/c1-2-5-10(6-3-1)13-15-9-12-11(16-13)7-4-8-14-12/h1-7,11-13H,8-9H2/t11-,12+,13+/m0/s1. The van der Waals surface area contributed by atoms with Crippen LogP contribution in [-0.4, -0.2) is 25.4 Å². The Morgan fingerprint density at radius 1 is 1.06 bits per heavy atom. The minimum absolute atomic E-state index is 0.0210. The summed E-state index contributed by atoms with van der Waals surface area (Å²) in [5.41, 5.74) is 1.06. The van der Waals surface area contributed by atoms with E-state index in [1.807, 2.05) is 36.4 Å². The summed E-state index contributed by atoms with van der Waals surface area (Å²) in [6, 6.07) is 9.98. The molecule has 3 atom stereocenters. The van der Waals surface area contributed by atoms with Crippen molar-refractivity contribution >= 4 is 0 Å². The molecule has 2 aliphatic rings. The largest absolute Gasteiger partial charge is 0.369 e. The van der Waals surface area contributed by atoms with Gasteiger partial charge in [0.1, 0.15) is 12.2 Å². The first-order valence-electron chi connectivity index (χ1n) is 5.54. The van der Waals surface area contributed by atoms with E-state index in [-0.39, 0.29) is 18.5 Å². The molecule has 3 heteroatoms.